The third-order valence-electron chi connectivity index (χ3n) is 14.7. The van der Waals surface area contributed by atoms with Crippen molar-refractivity contribution < 1.29 is 63.3 Å². The summed E-state index contributed by atoms with van der Waals surface area (Å²) < 4.78 is 146. The van der Waals surface area contributed by atoms with Gasteiger partial charge in [0.15, 0.2) is 5.60 Å². The largest absolute Gasteiger partial charge is 0.426 e. The summed E-state index contributed by atoms with van der Waals surface area (Å²) in [5.74, 6) is -9.49. The maximum absolute atomic E-state index is 15.0. The van der Waals surface area contributed by atoms with Gasteiger partial charge in [-0.3, -0.25) is 9.59 Å². The lowest BCUT2D eigenvalue weighted by molar-refractivity contribution is -0.446. The van der Waals surface area contributed by atoms with Crippen molar-refractivity contribution in [3.8, 4) is 0 Å². The molecule has 0 radical (unpaired) electrons. The van der Waals surface area contributed by atoms with Crippen LogP contribution in [0, 0.1) is 64.6 Å². The standard InChI is InChI=1S/C36H47F9O5/c1-17(25-11-23(49-30(25,3)4)5-6-31-12-19-8-20(13-31)10-21(9-19)14-31)7-24-26(29(47)48-28(24)46)27-18(2)22-15-32(27,34(37,38)39)50-33(16-22,35(40,41)42)36(43,44)45/h17-27H,5-16H2,1-4H3. The lowest BCUT2D eigenvalue weighted by Crippen LogP contribution is -2.69. The molecule has 8 rings (SSSR count). The number of cyclic esters (lactones) is 2. The molecule has 0 amide bonds. The van der Waals surface area contributed by atoms with Gasteiger partial charge in [0, 0.05) is 5.92 Å². The summed E-state index contributed by atoms with van der Waals surface area (Å²) in [5.41, 5.74) is -9.41. The quantitative estimate of drug-likeness (QED) is 0.149. The fourth-order valence-corrected chi connectivity index (χ4v) is 13.1. The van der Waals surface area contributed by atoms with Crippen molar-refractivity contribution in [2.75, 3.05) is 0 Å². The van der Waals surface area contributed by atoms with Gasteiger partial charge in [-0.25, -0.2) is 0 Å². The molecule has 3 saturated heterocycles. The van der Waals surface area contributed by atoms with Crippen LogP contribution >= 0.6 is 0 Å². The molecule has 0 aromatic rings. The van der Waals surface area contributed by atoms with Crippen LogP contribution in [0.5, 0.6) is 0 Å². The van der Waals surface area contributed by atoms with E-state index in [9.17, 15) is 35.9 Å². The first kappa shape index (κ1) is 36.8. The summed E-state index contributed by atoms with van der Waals surface area (Å²) in [6.07, 6.45) is -11.1. The molecule has 0 aromatic heterocycles. The van der Waals surface area contributed by atoms with Crippen LogP contribution in [0.25, 0.3) is 0 Å². The predicted molar refractivity (Wildman–Crippen MR) is 159 cm³/mol. The molecule has 3 heterocycles. The summed E-state index contributed by atoms with van der Waals surface area (Å²) >= 11 is 0. The summed E-state index contributed by atoms with van der Waals surface area (Å²) in [4.78, 5) is 26.4. The van der Waals surface area contributed by atoms with Crippen molar-refractivity contribution in [3.63, 3.8) is 0 Å². The van der Waals surface area contributed by atoms with Gasteiger partial charge in [-0.15, -0.1) is 0 Å². The van der Waals surface area contributed by atoms with Crippen molar-refractivity contribution in [3.05, 3.63) is 0 Å². The van der Waals surface area contributed by atoms with Gasteiger partial charge in [-0.2, -0.15) is 39.5 Å². The number of hydrogen-bond acceptors (Lipinski definition) is 5. The Morgan fingerprint density at radius 3 is 1.86 bits per heavy atom. The first-order chi connectivity index (χ1) is 22.9. The van der Waals surface area contributed by atoms with Gasteiger partial charge in [0.1, 0.15) is 0 Å². The molecule has 0 spiro atoms. The van der Waals surface area contributed by atoms with Crippen LogP contribution < -0.4 is 0 Å². The average Bonchev–Trinajstić information content (AvgIpc) is 3.49. The van der Waals surface area contributed by atoms with Crippen molar-refractivity contribution in [1.82, 2.24) is 0 Å². The van der Waals surface area contributed by atoms with E-state index in [1.807, 2.05) is 13.8 Å². The van der Waals surface area contributed by atoms with E-state index in [0.717, 1.165) is 37.5 Å². The number of alkyl halides is 9. The number of carbonyl (C=O) groups excluding carboxylic acids is 2. The van der Waals surface area contributed by atoms with Crippen molar-refractivity contribution in [1.29, 1.82) is 0 Å². The molecule has 5 aliphatic carbocycles. The van der Waals surface area contributed by atoms with Crippen molar-refractivity contribution >= 4 is 11.9 Å². The van der Waals surface area contributed by atoms with E-state index in [4.69, 9.17) is 9.47 Å². The molecule has 9 unspecified atom stereocenters. The Hall–Kier alpha value is -1.57. The number of esters is 2. The summed E-state index contributed by atoms with van der Waals surface area (Å²) in [6.45, 7) is 6.75. The van der Waals surface area contributed by atoms with E-state index in [2.05, 4.69) is 4.74 Å². The topological polar surface area (TPSA) is 61.8 Å². The highest BCUT2D eigenvalue weighted by atomic mass is 19.4. The first-order valence-electron chi connectivity index (χ1n) is 18.2. The van der Waals surface area contributed by atoms with Gasteiger partial charge in [0.05, 0.1) is 23.5 Å². The van der Waals surface area contributed by atoms with Crippen LogP contribution in [0.3, 0.4) is 0 Å². The number of halogens is 9. The minimum absolute atomic E-state index is 0.0766. The molecule has 6 bridgehead atoms. The molecule has 3 aliphatic heterocycles. The maximum Gasteiger partial charge on any atom is 0.426 e. The van der Waals surface area contributed by atoms with E-state index in [0.29, 0.717) is 11.8 Å². The highest BCUT2D eigenvalue weighted by Crippen LogP contribution is 2.69. The fourth-order valence-electron chi connectivity index (χ4n) is 13.1. The Balaban J connectivity index is 1.11. The fraction of sp³-hybridized carbons (Fsp3) is 0.944. The number of ether oxygens (including phenoxy) is 3. The third kappa shape index (κ3) is 5.55. The molecule has 0 aromatic carbocycles. The van der Waals surface area contributed by atoms with Crippen LogP contribution in [0.1, 0.15) is 105 Å². The van der Waals surface area contributed by atoms with E-state index in [1.54, 1.807) is 6.92 Å². The zero-order valence-corrected chi connectivity index (χ0v) is 28.8. The van der Waals surface area contributed by atoms with Gasteiger partial charge in [-0.05, 0) is 138 Å². The summed E-state index contributed by atoms with van der Waals surface area (Å²) in [6, 6.07) is 0. The SMILES string of the molecule is CC(CC1C(=O)OC(=O)C1C1C(C)C2CC1(C(F)(F)F)OC(C(F)(F)F)(C(F)(F)F)C2)C1CC(CCC23CC4CC(CC(C4)C2)C3)OC1(C)C. The van der Waals surface area contributed by atoms with Crippen LogP contribution in [0.4, 0.5) is 39.5 Å². The van der Waals surface area contributed by atoms with E-state index >= 15 is 13.2 Å². The molecule has 5 saturated carbocycles. The van der Waals surface area contributed by atoms with Crippen molar-refractivity contribution in [2.24, 2.45) is 64.6 Å². The minimum Gasteiger partial charge on any atom is -0.393 e. The van der Waals surface area contributed by atoms with Crippen LogP contribution in [0.2, 0.25) is 0 Å². The average molecular weight is 731 g/mol. The number of hydrogen-bond donors (Lipinski definition) is 0. The molecule has 8 aliphatic rings. The zero-order chi connectivity index (χ0) is 36.6. The van der Waals surface area contributed by atoms with Gasteiger partial charge >= 0.3 is 30.5 Å². The number of fused-ring (bicyclic) bond motifs is 2. The third-order valence-corrected chi connectivity index (χ3v) is 14.7. The molecule has 0 N–H and O–H groups in total. The zero-order valence-electron chi connectivity index (χ0n) is 28.8. The van der Waals surface area contributed by atoms with Gasteiger partial charge < -0.3 is 14.2 Å². The lowest BCUT2D eigenvalue weighted by Gasteiger charge is -2.57. The van der Waals surface area contributed by atoms with Gasteiger partial charge in [0.25, 0.3) is 5.60 Å². The Bertz CT molecular complexity index is 1320. The molecular formula is C36H47F9O5. The monoisotopic (exact) mass is 730 g/mol. The Morgan fingerprint density at radius 1 is 0.780 bits per heavy atom. The summed E-state index contributed by atoms with van der Waals surface area (Å²) in [7, 11) is 0. The van der Waals surface area contributed by atoms with E-state index in [-0.39, 0.29) is 18.4 Å². The molecule has 284 valence electrons. The molecule has 14 heteroatoms. The number of carbonyl (C=O) groups is 2. The Kier molecular flexibility index (Phi) is 8.43. The molecule has 8 fully saturated rings. The maximum atomic E-state index is 15.0. The van der Waals surface area contributed by atoms with Gasteiger partial charge in [0.2, 0.25) is 0 Å². The summed E-state index contributed by atoms with van der Waals surface area (Å²) in [5, 5.41) is 0. The van der Waals surface area contributed by atoms with Crippen molar-refractivity contribution in [2.45, 2.75) is 146 Å². The number of rotatable bonds is 7. The van der Waals surface area contributed by atoms with Crippen LogP contribution in [-0.2, 0) is 23.8 Å². The highest BCUT2D eigenvalue weighted by Gasteiger charge is 2.84. The normalized spacial score (nSPS) is 45.7. The Morgan fingerprint density at radius 2 is 1.34 bits per heavy atom. The van der Waals surface area contributed by atoms with E-state index < -0.39 is 95.6 Å². The molecular weight excluding hydrogens is 683 g/mol. The molecule has 9 atom stereocenters. The van der Waals surface area contributed by atoms with Crippen LogP contribution in [0.15, 0.2) is 0 Å². The Labute approximate surface area is 286 Å². The smallest absolute Gasteiger partial charge is 0.393 e. The predicted octanol–water partition coefficient (Wildman–Crippen LogP) is 9.37. The second-order valence-corrected chi connectivity index (χ2v) is 18.1. The second-order valence-electron chi connectivity index (χ2n) is 18.1. The van der Waals surface area contributed by atoms with Gasteiger partial charge in [-0.1, -0.05) is 13.8 Å². The lowest BCUT2D eigenvalue weighted by atomic mass is 9.48. The molecule has 50 heavy (non-hydrogen) atoms. The second kappa shape index (κ2) is 11.5. The minimum atomic E-state index is -6.23. The first-order valence-corrected chi connectivity index (χ1v) is 18.2. The van der Waals surface area contributed by atoms with E-state index in [1.165, 1.54) is 38.5 Å². The van der Waals surface area contributed by atoms with Crippen LogP contribution in [-0.4, -0.2) is 53.4 Å². The molecule has 5 nitrogen and oxygen atoms in total. The highest BCUT2D eigenvalue weighted by molar-refractivity contribution is 5.96.